The van der Waals surface area contributed by atoms with Gasteiger partial charge in [-0.05, 0) is 30.8 Å². The normalized spacial score (nSPS) is 19.8. The molecule has 0 saturated carbocycles. The average molecular weight is 250 g/mol. The molecule has 16 heavy (non-hydrogen) atoms. The van der Waals surface area contributed by atoms with Crippen molar-refractivity contribution in [3.8, 4) is 0 Å². The molecule has 3 heterocycles. The van der Waals surface area contributed by atoms with Crippen molar-refractivity contribution in [3.63, 3.8) is 0 Å². The molecule has 1 aromatic rings. The summed E-state index contributed by atoms with van der Waals surface area (Å²) in [7, 11) is 0. The Morgan fingerprint density at radius 1 is 1.38 bits per heavy atom. The van der Waals surface area contributed by atoms with E-state index in [1.807, 2.05) is 22.5 Å². The van der Waals surface area contributed by atoms with Gasteiger partial charge in [0, 0.05) is 31.2 Å². The van der Waals surface area contributed by atoms with Crippen LogP contribution in [0.4, 0.5) is 5.82 Å². The molecule has 0 unspecified atom stereocenters. The van der Waals surface area contributed by atoms with Crippen LogP contribution in [0.3, 0.4) is 0 Å². The Labute approximate surface area is 103 Å². The van der Waals surface area contributed by atoms with Crippen molar-refractivity contribution in [1.29, 1.82) is 0 Å². The van der Waals surface area contributed by atoms with Crippen LogP contribution in [0.15, 0.2) is 29.4 Å². The molecule has 0 amide bonds. The first-order valence-electron chi connectivity index (χ1n) is 5.11. The molecular formula is C10H10N4S2. The maximum absolute atomic E-state index is 5.43. The van der Waals surface area contributed by atoms with E-state index in [1.54, 1.807) is 18.1 Å². The lowest BCUT2D eigenvalue weighted by molar-refractivity contribution is 0.567. The molecule has 1 saturated heterocycles. The highest BCUT2D eigenvalue weighted by Crippen LogP contribution is 2.32. The second kappa shape index (κ2) is 4.03. The second-order valence-electron chi connectivity index (χ2n) is 3.53. The lowest BCUT2D eigenvalue weighted by atomic mass is 10.4. The number of nitrogens with zero attached hydrogens (tertiary/aromatic N) is 4. The molecular weight excluding hydrogens is 240 g/mol. The highest BCUT2D eigenvalue weighted by atomic mass is 32.2. The van der Waals surface area contributed by atoms with Crippen LogP contribution >= 0.6 is 24.2 Å². The molecule has 2 aliphatic heterocycles. The highest BCUT2D eigenvalue weighted by molar-refractivity contribution is 8.17. The number of fused-ring (bicyclic) bond motifs is 1. The Morgan fingerprint density at radius 2 is 2.31 bits per heavy atom. The number of rotatable bonds is 1. The molecule has 4 nitrogen and oxygen atoms in total. The van der Waals surface area contributed by atoms with Gasteiger partial charge in [-0.3, -0.25) is 9.89 Å². The molecule has 1 aromatic heterocycles. The van der Waals surface area contributed by atoms with Gasteiger partial charge < -0.3 is 0 Å². The van der Waals surface area contributed by atoms with Crippen molar-refractivity contribution in [3.05, 3.63) is 24.4 Å². The molecule has 0 atom stereocenters. The summed E-state index contributed by atoms with van der Waals surface area (Å²) in [5.74, 6) is 0.870. The second-order valence-corrected chi connectivity index (χ2v) is 4.80. The third-order valence-electron chi connectivity index (χ3n) is 2.45. The minimum absolute atomic E-state index is 0.794. The van der Waals surface area contributed by atoms with Gasteiger partial charge in [0.25, 0.3) is 0 Å². The topological polar surface area (TPSA) is 31.7 Å². The molecule has 3 rings (SSSR count). The third-order valence-corrected chi connectivity index (χ3v) is 4.03. The van der Waals surface area contributed by atoms with Crippen molar-refractivity contribution in [2.75, 3.05) is 17.4 Å². The van der Waals surface area contributed by atoms with Gasteiger partial charge in [0.2, 0.25) is 0 Å². The van der Waals surface area contributed by atoms with Crippen molar-refractivity contribution in [1.82, 2.24) is 9.88 Å². The van der Waals surface area contributed by atoms with Crippen molar-refractivity contribution >= 4 is 40.3 Å². The SMILES string of the molecule is S=C1N2CCCN=C2SN1c1ccccn1. The van der Waals surface area contributed by atoms with Crippen LogP contribution in [-0.2, 0) is 0 Å². The van der Waals surface area contributed by atoms with Gasteiger partial charge in [0.15, 0.2) is 10.3 Å². The summed E-state index contributed by atoms with van der Waals surface area (Å²) < 4.78 is 1.96. The molecule has 0 bridgehead atoms. The van der Waals surface area contributed by atoms with Crippen LogP contribution in [-0.4, -0.2) is 33.3 Å². The lowest BCUT2D eigenvalue weighted by Gasteiger charge is -2.20. The molecule has 0 N–H and O–H groups in total. The average Bonchev–Trinajstić information content (AvgIpc) is 2.69. The smallest absolute Gasteiger partial charge is 0.194 e. The largest absolute Gasteiger partial charge is 0.296 e. The maximum Gasteiger partial charge on any atom is 0.194 e. The Hall–Kier alpha value is -1.14. The van der Waals surface area contributed by atoms with Gasteiger partial charge in [0.1, 0.15) is 5.82 Å². The number of pyridine rings is 1. The minimum atomic E-state index is 0.794. The Balaban J connectivity index is 1.92. The van der Waals surface area contributed by atoms with Gasteiger partial charge in [0.05, 0.1) is 0 Å². The van der Waals surface area contributed by atoms with E-state index in [4.69, 9.17) is 12.2 Å². The van der Waals surface area contributed by atoms with E-state index < -0.39 is 0 Å². The molecule has 0 aliphatic carbocycles. The first-order chi connectivity index (χ1) is 7.86. The number of hydrogen-bond acceptors (Lipinski definition) is 4. The van der Waals surface area contributed by atoms with E-state index in [2.05, 4.69) is 14.9 Å². The molecule has 82 valence electrons. The van der Waals surface area contributed by atoms with Crippen LogP contribution in [0.1, 0.15) is 6.42 Å². The van der Waals surface area contributed by atoms with Crippen LogP contribution in [0.2, 0.25) is 0 Å². The first-order valence-corrected chi connectivity index (χ1v) is 6.29. The fourth-order valence-corrected chi connectivity index (χ4v) is 3.10. The van der Waals surface area contributed by atoms with Gasteiger partial charge in [-0.25, -0.2) is 9.29 Å². The monoisotopic (exact) mass is 250 g/mol. The lowest BCUT2D eigenvalue weighted by Crippen LogP contribution is -2.36. The molecule has 0 radical (unpaired) electrons. The molecule has 0 spiro atoms. The summed E-state index contributed by atoms with van der Waals surface area (Å²) in [6, 6.07) is 5.82. The van der Waals surface area contributed by atoms with E-state index in [1.165, 1.54) is 0 Å². The van der Waals surface area contributed by atoms with Gasteiger partial charge in [-0.2, -0.15) is 0 Å². The number of hydrogen-bond donors (Lipinski definition) is 0. The van der Waals surface area contributed by atoms with Crippen LogP contribution in [0.5, 0.6) is 0 Å². The highest BCUT2D eigenvalue weighted by Gasteiger charge is 2.34. The quantitative estimate of drug-likeness (QED) is 0.561. The van der Waals surface area contributed by atoms with Crippen LogP contribution in [0, 0.1) is 0 Å². The number of anilines is 1. The molecule has 0 aromatic carbocycles. The number of amidine groups is 1. The van der Waals surface area contributed by atoms with Crippen molar-refractivity contribution < 1.29 is 0 Å². The number of aromatic nitrogens is 1. The van der Waals surface area contributed by atoms with E-state index >= 15 is 0 Å². The zero-order chi connectivity index (χ0) is 11.0. The summed E-state index contributed by atoms with van der Waals surface area (Å²) in [6.07, 6.45) is 2.85. The standard InChI is InChI=1S/C10H10N4S2/c15-10-13-7-3-6-12-9(13)16-14(10)8-4-1-2-5-11-8/h1-2,4-5H,3,6-7H2. The Morgan fingerprint density at radius 3 is 3.06 bits per heavy atom. The number of thiocarbonyl (C=S) groups is 1. The summed E-state index contributed by atoms with van der Waals surface area (Å²) >= 11 is 6.99. The van der Waals surface area contributed by atoms with E-state index in [-0.39, 0.29) is 0 Å². The van der Waals surface area contributed by atoms with Crippen molar-refractivity contribution in [2.45, 2.75) is 6.42 Å². The molecule has 1 fully saturated rings. The van der Waals surface area contributed by atoms with Crippen molar-refractivity contribution in [2.24, 2.45) is 4.99 Å². The zero-order valence-corrected chi connectivity index (χ0v) is 10.2. The van der Waals surface area contributed by atoms with E-state index in [0.29, 0.717) is 0 Å². The van der Waals surface area contributed by atoms with Crippen LogP contribution in [0.25, 0.3) is 0 Å². The summed E-state index contributed by atoms with van der Waals surface area (Å²) in [5.41, 5.74) is 0. The predicted octanol–water partition coefficient (Wildman–Crippen LogP) is 1.90. The maximum atomic E-state index is 5.43. The fraction of sp³-hybridized carbons (Fsp3) is 0.300. The number of aliphatic imine (C=N–C) groups is 1. The summed E-state index contributed by atoms with van der Waals surface area (Å²) in [5, 5.41) is 1.80. The predicted molar refractivity (Wildman–Crippen MR) is 70.5 cm³/mol. The molecule has 6 heteroatoms. The Kier molecular flexibility index (Phi) is 2.53. The van der Waals surface area contributed by atoms with Gasteiger partial charge in [-0.1, -0.05) is 6.07 Å². The van der Waals surface area contributed by atoms with E-state index in [9.17, 15) is 0 Å². The Bertz CT molecular complexity index is 445. The zero-order valence-electron chi connectivity index (χ0n) is 8.54. The minimum Gasteiger partial charge on any atom is -0.296 e. The van der Waals surface area contributed by atoms with Gasteiger partial charge >= 0.3 is 0 Å². The summed E-state index contributed by atoms with van der Waals surface area (Å²) in [6.45, 7) is 1.87. The molecule has 2 aliphatic rings. The summed E-state index contributed by atoms with van der Waals surface area (Å²) in [4.78, 5) is 10.9. The first kappa shape index (κ1) is 10.0. The van der Waals surface area contributed by atoms with Gasteiger partial charge in [-0.15, -0.1) is 0 Å². The fourth-order valence-electron chi connectivity index (χ4n) is 1.69. The van der Waals surface area contributed by atoms with E-state index in [0.717, 1.165) is 35.6 Å². The third kappa shape index (κ3) is 1.58. The van der Waals surface area contributed by atoms with Crippen LogP contribution < -0.4 is 4.31 Å².